The van der Waals surface area contributed by atoms with Gasteiger partial charge in [0.05, 0.1) is 11.2 Å². The van der Waals surface area contributed by atoms with Crippen molar-refractivity contribution in [2.75, 3.05) is 4.90 Å². The normalized spacial score (nSPS) is 12.6. The van der Waals surface area contributed by atoms with Gasteiger partial charge in [0.1, 0.15) is 11.2 Å². The molecular formula is C54H35NO. The second-order valence-electron chi connectivity index (χ2n) is 14.2. The maximum Gasteiger partial charge on any atom is 0.143 e. The molecule has 10 aromatic carbocycles. The number of hydrogen-bond acceptors (Lipinski definition) is 2. The molecule has 2 heteroatoms. The number of nitrogens with zero attached hydrogens (tertiary/aromatic N) is 1. The van der Waals surface area contributed by atoms with Crippen LogP contribution in [0, 0.1) is 0 Å². The maximum absolute atomic E-state index is 9.68. The van der Waals surface area contributed by atoms with Crippen molar-refractivity contribution in [1.29, 1.82) is 0 Å². The number of anilines is 3. The number of rotatable bonds is 6. The molecule has 0 N–H and O–H groups in total. The molecule has 56 heavy (non-hydrogen) atoms. The standard InChI is InChI=1S/C54H35NO/c1-2-13-41-34-42(21-20-36(41)10-1)37-22-28-44(29-23-37)55(45-30-24-40(25-31-45)47-18-9-14-38-11-3-5-15-46(38)47)52-19-8-7-16-48(52)43-27-32-50-51-33-26-39-12-4-6-17-49(39)54(51)56-53(50)35-43/h1-35H/i24D,25D,30D,31D. The molecule has 1 heterocycles. The fourth-order valence-electron chi connectivity index (χ4n) is 8.14. The van der Waals surface area contributed by atoms with Crippen molar-refractivity contribution in [3.05, 3.63) is 212 Å². The Balaban J connectivity index is 1.11. The van der Waals surface area contributed by atoms with E-state index >= 15 is 0 Å². The van der Waals surface area contributed by atoms with Gasteiger partial charge in [-0.1, -0.05) is 158 Å². The van der Waals surface area contributed by atoms with Gasteiger partial charge >= 0.3 is 0 Å². The van der Waals surface area contributed by atoms with E-state index in [4.69, 9.17) is 4.42 Å². The van der Waals surface area contributed by atoms with Gasteiger partial charge in [0.15, 0.2) is 0 Å². The summed E-state index contributed by atoms with van der Waals surface area (Å²) in [5, 5.41) is 8.39. The lowest BCUT2D eigenvalue weighted by Gasteiger charge is -2.28. The molecule has 2 nitrogen and oxygen atoms in total. The summed E-state index contributed by atoms with van der Waals surface area (Å²) in [6, 6.07) is 62.7. The monoisotopic (exact) mass is 717 g/mol. The Labute approximate surface area is 330 Å². The molecule has 0 aliphatic rings. The van der Waals surface area contributed by atoms with Crippen LogP contribution in [0.1, 0.15) is 5.48 Å². The first-order chi connectivity index (χ1) is 29.4. The molecule has 0 fully saturated rings. The van der Waals surface area contributed by atoms with Gasteiger partial charge in [-0.15, -0.1) is 0 Å². The quantitative estimate of drug-likeness (QED) is 0.170. The van der Waals surface area contributed by atoms with E-state index < -0.39 is 0 Å². The van der Waals surface area contributed by atoms with Crippen molar-refractivity contribution in [3.63, 3.8) is 0 Å². The van der Waals surface area contributed by atoms with Gasteiger partial charge in [-0.3, -0.25) is 0 Å². The van der Waals surface area contributed by atoms with E-state index in [-0.39, 0.29) is 35.4 Å². The van der Waals surface area contributed by atoms with E-state index in [0.29, 0.717) is 16.9 Å². The third-order valence-electron chi connectivity index (χ3n) is 10.9. The average molecular weight is 718 g/mol. The molecule has 11 aromatic rings. The Morgan fingerprint density at radius 2 is 0.964 bits per heavy atom. The molecule has 11 rings (SSSR count). The highest BCUT2D eigenvalue weighted by molar-refractivity contribution is 6.15. The van der Waals surface area contributed by atoms with Crippen LogP contribution in [0.4, 0.5) is 17.1 Å². The molecule has 0 bridgehead atoms. The second kappa shape index (κ2) is 13.2. The van der Waals surface area contributed by atoms with Gasteiger partial charge < -0.3 is 9.32 Å². The van der Waals surface area contributed by atoms with E-state index in [9.17, 15) is 5.48 Å². The summed E-state index contributed by atoms with van der Waals surface area (Å²) in [6.07, 6.45) is 0. The maximum atomic E-state index is 9.68. The topological polar surface area (TPSA) is 16.4 Å². The molecule has 0 saturated carbocycles. The SMILES string of the molecule is [2H]c1c([2H])c(N(c2ccc(-c3ccc4ccccc4c3)cc2)c2ccccc2-c2ccc3c(c2)oc2c4ccccc4ccc32)c([2H])c([2H])c1-c1cccc2ccccc12. The Hall–Kier alpha value is -7.42. The van der Waals surface area contributed by atoms with Crippen LogP contribution in [0.5, 0.6) is 0 Å². The van der Waals surface area contributed by atoms with Gasteiger partial charge in [0.2, 0.25) is 0 Å². The fourth-order valence-corrected chi connectivity index (χ4v) is 8.14. The molecule has 0 amide bonds. The molecule has 0 saturated heterocycles. The van der Waals surface area contributed by atoms with Crippen LogP contribution in [0.15, 0.2) is 217 Å². The lowest BCUT2D eigenvalue weighted by molar-refractivity contribution is 0.673. The minimum absolute atomic E-state index is 0.103. The van der Waals surface area contributed by atoms with Gasteiger partial charge in [-0.2, -0.15) is 0 Å². The summed E-state index contributed by atoms with van der Waals surface area (Å²) in [5.74, 6) is 0. The largest absolute Gasteiger partial charge is 0.455 e. The molecular weight excluding hydrogens is 679 g/mol. The highest BCUT2D eigenvalue weighted by Gasteiger charge is 2.19. The van der Waals surface area contributed by atoms with Crippen LogP contribution in [-0.2, 0) is 0 Å². The molecule has 0 atom stereocenters. The molecule has 0 aliphatic carbocycles. The van der Waals surface area contributed by atoms with Gasteiger partial charge in [-0.05, 0) is 109 Å². The molecule has 0 aliphatic heterocycles. The first-order valence-electron chi connectivity index (χ1n) is 20.8. The number of benzene rings is 10. The number of hydrogen-bond donors (Lipinski definition) is 0. The zero-order chi connectivity index (χ0) is 40.5. The number of fused-ring (bicyclic) bond motifs is 7. The minimum atomic E-state index is -0.132. The van der Waals surface area contributed by atoms with E-state index in [0.717, 1.165) is 71.1 Å². The van der Waals surface area contributed by atoms with Crippen molar-refractivity contribution >= 4 is 71.3 Å². The first kappa shape index (κ1) is 28.1. The third-order valence-corrected chi connectivity index (χ3v) is 10.9. The fraction of sp³-hybridized carbons (Fsp3) is 0. The predicted molar refractivity (Wildman–Crippen MR) is 237 cm³/mol. The predicted octanol–water partition coefficient (Wildman–Crippen LogP) is 15.5. The van der Waals surface area contributed by atoms with Crippen LogP contribution in [-0.4, -0.2) is 0 Å². The van der Waals surface area contributed by atoms with Crippen molar-refractivity contribution in [1.82, 2.24) is 0 Å². The Morgan fingerprint density at radius 3 is 1.80 bits per heavy atom. The summed E-state index contributed by atoms with van der Waals surface area (Å²) in [6.45, 7) is 0. The highest BCUT2D eigenvalue weighted by Crippen LogP contribution is 2.44. The average Bonchev–Trinajstić information content (AvgIpc) is 3.68. The molecule has 262 valence electrons. The van der Waals surface area contributed by atoms with Crippen LogP contribution >= 0.6 is 0 Å². The third kappa shape index (κ3) is 5.42. The molecule has 0 unspecified atom stereocenters. The summed E-state index contributed by atoms with van der Waals surface area (Å²) < 4.78 is 45.0. The van der Waals surface area contributed by atoms with Crippen LogP contribution in [0.25, 0.3) is 87.6 Å². The summed E-state index contributed by atoms with van der Waals surface area (Å²) in [5.41, 5.74) is 7.92. The lowest BCUT2D eigenvalue weighted by atomic mass is 9.97. The first-order valence-corrected chi connectivity index (χ1v) is 18.8. The smallest absolute Gasteiger partial charge is 0.143 e. The highest BCUT2D eigenvalue weighted by atomic mass is 16.3. The van der Waals surface area contributed by atoms with E-state index in [1.807, 2.05) is 108 Å². The van der Waals surface area contributed by atoms with Crippen LogP contribution < -0.4 is 4.90 Å². The van der Waals surface area contributed by atoms with Crippen molar-refractivity contribution in [3.8, 4) is 33.4 Å². The van der Waals surface area contributed by atoms with Gasteiger partial charge in [-0.25, -0.2) is 0 Å². The summed E-state index contributed by atoms with van der Waals surface area (Å²) >= 11 is 0. The lowest BCUT2D eigenvalue weighted by Crippen LogP contribution is -2.11. The zero-order valence-electron chi connectivity index (χ0n) is 34.3. The zero-order valence-corrected chi connectivity index (χ0v) is 30.3. The molecule has 0 radical (unpaired) electrons. The Kier molecular flexibility index (Phi) is 6.60. The van der Waals surface area contributed by atoms with Crippen molar-refractivity contribution in [2.45, 2.75) is 0 Å². The van der Waals surface area contributed by atoms with Gasteiger partial charge in [0, 0.05) is 33.1 Å². The summed E-state index contributed by atoms with van der Waals surface area (Å²) in [7, 11) is 0. The Bertz CT molecular complexity index is 3460. The van der Waals surface area contributed by atoms with Crippen molar-refractivity contribution < 1.29 is 9.90 Å². The molecule has 0 spiro atoms. The number of para-hydroxylation sites is 1. The van der Waals surface area contributed by atoms with E-state index in [1.165, 1.54) is 5.39 Å². The second-order valence-corrected chi connectivity index (χ2v) is 14.2. The Morgan fingerprint density at radius 1 is 0.357 bits per heavy atom. The molecule has 1 aromatic heterocycles. The van der Waals surface area contributed by atoms with Gasteiger partial charge in [0.25, 0.3) is 0 Å². The van der Waals surface area contributed by atoms with Crippen molar-refractivity contribution in [2.24, 2.45) is 0 Å². The van der Waals surface area contributed by atoms with E-state index in [2.05, 4.69) is 84.9 Å². The van der Waals surface area contributed by atoms with Crippen LogP contribution in [0.2, 0.25) is 0 Å². The number of furan rings is 1. The summed E-state index contributed by atoms with van der Waals surface area (Å²) in [4.78, 5) is 1.88. The van der Waals surface area contributed by atoms with E-state index in [1.54, 1.807) is 0 Å². The minimum Gasteiger partial charge on any atom is -0.455 e. The van der Waals surface area contributed by atoms with Crippen LogP contribution in [0.3, 0.4) is 0 Å².